The molecule has 2 aliphatic heterocycles. The summed E-state index contributed by atoms with van der Waals surface area (Å²) in [7, 11) is 0. The topological polar surface area (TPSA) is 69.6 Å². The van der Waals surface area contributed by atoms with Gasteiger partial charge in [0.25, 0.3) is 0 Å². The second kappa shape index (κ2) is 6.89. The lowest BCUT2D eigenvalue weighted by Gasteiger charge is -2.33. The van der Waals surface area contributed by atoms with Crippen molar-refractivity contribution in [1.82, 2.24) is 10.2 Å². The summed E-state index contributed by atoms with van der Waals surface area (Å²) in [5, 5.41) is 12.6. The minimum atomic E-state index is -0.858. The van der Waals surface area contributed by atoms with Crippen molar-refractivity contribution in [3.63, 3.8) is 0 Å². The Kier molecular flexibility index (Phi) is 5.19. The molecule has 0 aromatic heterocycles. The minimum absolute atomic E-state index is 0.0134. The predicted molar refractivity (Wildman–Crippen MR) is 71.9 cm³/mol. The van der Waals surface area contributed by atoms with Crippen LogP contribution in [0.15, 0.2) is 0 Å². The molecule has 2 aliphatic rings. The first kappa shape index (κ1) is 14.3. The van der Waals surface area contributed by atoms with Crippen LogP contribution in [0.25, 0.3) is 0 Å². The fraction of sp³-hybridized carbons (Fsp3) is 0.857. The maximum absolute atomic E-state index is 12.2. The molecule has 2 fully saturated rings. The fourth-order valence-electron chi connectivity index (χ4n) is 3.10. The van der Waals surface area contributed by atoms with Gasteiger partial charge >= 0.3 is 5.97 Å². The molecule has 108 valence electrons. The molecule has 0 aromatic rings. The minimum Gasteiger partial charge on any atom is -0.480 e. The van der Waals surface area contributed by atoms with E-state index in [1.165, 1.54) is 12.8 Å². The Morgan fingerprint density at radius 3 is 2.63 bits per heavy atom. The number of likely N-dealkylation sites (tertiary alicyclic amines) is 1. The van der Waals surface area contributed by atoms with Gasteiger partial charge in [-0.1, -0.05) is 6.42 Å². The molecule has 5 nitrogen and oxygen atoms in total. The number of aliphatic carboxylic acids is 1. The van der Waals surface area contributed by atoms with Crippen molar-refractivity contribution in [3.8, 4) is 0 Å². The first-order valence-electron chi connectivity index (χ1n) is 7.44. The predicted octanol–water partition coefficient (Wildman–Crippen LogP) is 1.37. The Hall–Kier alpha value is -1.10. The third-order valence-electron chi connectivity index (χ3n) is 4.23. The normalized spacial score (nSPS) is 28.1. The molecule has 2 saturated heterocycles. The maximum atomic E-state index is 12.2. The van der Waals surface area contributed by atoms with Crippen LogP contribution in [0.3, 0.4) is 0 Å². The van der Waals surface area contributed by atoms with Crippen LogP contribution in [0.2, 0.25) is 0 Å². The van der Waals surface area contributed by atoms with Crippen molar-refractivity contribution in [2.24, 2.45) is 0 Å². The SMILES string of the molecule is O=C(O)[C@H]1CCCCN1C(=O)CCC1CCCCN1. The lowest BCUT2D eigenvalue weighted by Crippen LogP contribution is -2.48. The second-order valence-corrected chi connectivity index (χ2v) is 5.62. The van der Waals surface area contributed by atoms with Gasteiger partial charge in [0, 0.05) is 19.0 Å². The molecule has 1 unspecified atom stereocenters. The van der Waals surface area contributed by atoms with E-state index in [1.807, 2.05) is 0 Å². The summed E-state index contributed by atoms with van der Waals surface area (Å²) in [5.74, 6) is -0.844. The van der Waals surface area contributed by atoms with Gasteiger partial charge in [0.15, 0.2) is 0 Å². The van der Waals surface area contributed by atoms with Crippen LogP contribution in [0, 0.1) is 0 Å². The molecule has 2 rings (SSSR count). The smallest absolute Gasteiger partial charge is 0.326 e. The van der Waals surface area contributed by atoms with E-state index in [0.29, 0.717) is 25.4 Å². The van der Waals surface area contributed by atoms with Crippen molar-refractivity contribution < 1.29 is 14.7 Å². The Labute approximate surface area is 114 Å². The molecule has 2 N–H and O–H groups in total. The summed E-state index contributed by atoms with van der Waals surface area (Å²) in [6.45, 7) is 1.65. The first-order chi connectivity index (χ1) is 9.18. The number of hydrogen-bond acceptors (Lipinski definition) is 3. The molecule has 2 heterocycles. The van der Waals surface area contributed by atoms with Crippen LogP contribution in [0.1, 0.15) is 51.4 Å². The number of carboxylic acid groups (broad SMARTS) is 1. The van der Waals surface area contributed by atoms with Crippen LogP contribution in [-0.4, -0.2) is 47.1 Å². The summed E-state index contributed by atoms with van der Waals surface area (Å²) >= 11 is 0. The average Bonchev–Trinajstić information content (AvgIpc) is 2.46. The van der Waals surface area contributed by atoms with E-state index in [1.54, 1.807) is 4.90 Å². The Morgan fingerprint density at radius 2 is 1.95 bits per heavy atom. The quantitative estimate of drug-likeness (QED) is 0.808. The Balaban J connectivity index is 1.81. The van der Waals surface area contributed by atoms with Crippen LogP contribution in [0.5, 0.6) is 0 Å². The van der Waals surface area contributed by atoms with Crippen molar-refractivity contribution in [2.45, 2.75) is 63.5 Å². The number of nitrogens with zero attached hydrogens (tertiary/aromatic N) is 1. The van der Waals surface area contributed by atoms with Crippen molar-refractivity contribution in [2.75, 3.05) is 13.1 Å². The highest BCUT2D eigenvalue weighted by Crippen LogP contribution is 2.20. The lowest BCUT2D eigenvalue weighted by molar-refractivity contribution is -0.152. The zero-order valence-corrected chi connectivity index (χ0v) is 11.4. The molecule has 0 spiro atoms. The molecule has 0 saturated carbocycles. The van der Waals surface area contributed by atoms with Gasteiger partial charge < -0.3 is 15.3 Å². The molecule has 0 aromatic carbocycles. The monoisotopic (exact) mass is 268 g/mol. The molecule has 0 radical (unpaired) electrons. The van der Waals surface area contributed by atoms with Gasteiger partial charge in [-0.2, -0.15) is 0 Å². The number of hydrogen-bond donors (Lipinski definition) is 2. The van der Waals surface area contributed by atoms with Crippen LogP contribution in [-0.2, 0) is 9.59 Å². The number of piperidine rings is 2. The van der Waals surface area contributed by atoms with Crippen molar-refractivity contribution >= 4 is 11.9 Å². The third kappa shape index (κ3) is 3.93. The van der Waals surface area contributed by atoms with Crippen LogP contribution >= 0.6 is 0 Å². The average molecular weight is 268 g/mol. The van der Waals surface area contributed by atoms with Crippen LogP contribution < -0.4 is 5.32 Å². The Morgan fingerprint density at radius 1 is 1.16 bits per heavy atom. The highest BCUT2D eigenvalue weighted by atomic mass is 16.4. The van der Waals surface area contributed by atoms with Gasteiger partial charge in [-0.05, 0) is 45.1 Å². The summed E-state index contributed by atoms with van der Waals surface area (Å²) in [6, 6.07) is -0.161. The van der Waals surface area contributed by atoms with Gasteiger partial charge in [0.2, 0.25) is 5.91 Å². The summed E-state index contributed by atoms with van der Waals surface area (Å²) in [6.07, 6.45) is 7.33. The van der Waals surface area contributed by atoms with Gasteiger partial charge in [-0.25, -0.2) is 4.79 Å². The molecular weight excluding hydrogens is 244 g/mol. The summed E-state index contributed by atoms with van der Waals surface area (Å²) in [4.78, 5) is 24.9. The highest BCUT2D eigenvalue weighted by molar-refractivity contribution is 5.83. The number of amides is 1. The highest BCUT2D eigenvalue weighted by Gasteiger charge is 2.31. The molecule has 19 heavy (non-hydrogen) atoms. The van der Waals surface area contributed by atoms with Gasteiger partial charge in [-0.15, -0.1) is 0 Å². The van der Waals surface area contributed by atoms with E-state index in [4.69, 9.17) is 5.11 Å². The number of carbonyl (C=O) groups is 2. The van der Waals surface area contributed by atoms with Crippen LogP contribution in [0.4, 0.5) is 0 Å². The number of rotatable bonds is 4. The number of nitrogens with one attached hydrogen (secondary N) is 1. The van der Waals surface area contributed by atoms with Gasteiger partial charge in [-0.3, -0.25) is 4.79 Å². The molecule has 0 aliphatic carbocycles. The van der Waals surface area contributed by atoms with Gasteiger partial charge in [0.1, 0.15) is 6.04 Å². The van der Waals surface area contributed by atoms with E-state index >= 15 is 0 Å². The van der Waals surface area contributed by atoms with E-state index in [9.17, 15) is 9.59 Å². The lowest BCUT2D eigenvalue weighted by atomic mass is 9.98. The van der Waals surface area contributed by atoms with Crippen molar-refractivity contribution in [1.29, 1.82) is 0 Å². The second-order valence-electron chi connectivity index (χ2n) is 5.62. The summed E-state index contributed by atoms with van der Waals surface area (Å²) in [5.41, 5.74) is 0. The van der Waals surface area contributed by atoms with Gasteiger partial charge in [0.05, 0.1) is 0 Å². The fourth-order valence-corrected chi connectivity index (χ4v) is 3.10. The first-order valence-corrected chi connectivity index (χ1v) is 7.44. The zero-order chi connectivity index (χ0) is 13.7. The molecule has 1 amide bonds. The summed E-state index contributed by atoms with van der Waals surface area (Å²) < 4.78 is 0. The largest absolute Gasteiger partial charge is 0.480 e. The maximum Gasteiger partial charge on any atom is 0.326 e. The van der Waals surface area contributed by atoms with E-state index in [-0.39, 0.29) is 5.91 Å². The zero-order valence-electron chi connectivity index (χ0n) is 11.4. The molecule has 5 heteroatoms. The number of carboxylic acids is 1. The third-order valence-corrected chi connectivity index (χ3v) is 4.23. The molecule has 0 bridgehead atoms. The number of carbonyl (C=O) groups excluding carboxylic acids is 1. The van der Waals surface area contributed by atoms with E-state index in [2.05, 4.69) is 5.32 Å². The van der Waals surface area contributed by atoms with E-state index < -0.39 is 12.0 Å². The molecular formula is C14H24N2O3. The Bertz CT molecular complexity index is 327. The molecule has 2 atom stereocenters. The van der Waals surface area contributed by atoms with E-state index in [0.717, 1.165) is 32.2 Å². The van der Waals surface area contributed by atoms with Crippen molar-refractivity contribution in [3.05, 3.63) is 0 Å². The standard InChI is InChI=1S/C14H24N2O3/c17-13(8-7-11-5-1-3-9-15-11)16-10-4-2-6-12(16)14(18)19/h11-12,15H,1-10H2,(H,18,19)/t11?,12-/m1/s1.